The lowest BCUT2D eigenvalue weighted by Gasteiger charge is -2.38. The fourth-order valence-electron chi connectivity index (χ4n) is 2.95. The summed E-state index contributed by atoms with van der Waals surface area (Å²) in [5.74, 6) is 1.07. The minimum absolute atomic E-state index is 0.648. The van der Waals surface area contributed by atoms with Gasteiger partial charge in [-0.3, -0.25) is 0 Å². The molecule has 0 aliphatic carbocycles. The zero-order chi connectivity index (χ0) is 11.1. The standard InChI is InChI=1S/C11H13Br2N3/c12-7-3-8-1-2-9(4-7)16(8)11-10(13)5-14-6-15-11/h5-9H,1-4H2. The Labute approximate surface area is 112 Å². The van der Waals surface area contributed by atoms with Gasteiger partial charge in [-0.15, -0.1) is 0 Å². The van der Waals surface area contributed by atoms with Crippen LogP contribution in [-0.4, -0.2) is 26.9 Å². The number of rotatable bonds is 1. The molecule has 2 aliphatic heterocycles. The van der Waals surface area contributed by atoms with Gasteiger partial charge in [-0.25, -0.2) is 9.97 Å². The van der Waals surface area contributed by atoms with Crippen molar-refractivity contribution in [1.82, 2.24) is 9.97 Å². The molecule has 2 unspecified atom stereocenters. The number of nitrogens with zero attached hydrogens (tertiary/aromatic N) is 3. The van der Waals surface area contributed by atoms with Gasteiger partial charge in [0.05, 0.1) is 4.47 Å². The van der Waals surface area contributed by atoms with Crippen LogP contribution in [0.4, 0.5) is 5.82 Å². The molecular formula is C11H13Br2N3. The van der Waals surface area contributed by atoms with Gasteiger partial charge in [0.15, 0.2) is 0 Å². The Hall–Kier alpha value is -0.160. The number of hydrogen-bond donors (Lipinski definition) is 0. The molecule has 0 aromatic carbocycles. The third-order valence-corrected chi connectivity index (χ3v) is 4.88. The number of fused-ring (bicyclic) bond motifs is 2. The van der Waals surface area contributed by atoms with E-state index in [4.69, 9.17) is 0 Å². The van der Waals surface area contributed by atoms with Gasteiger partial charge in [-0.2, -0.15) is 0 Å². The van der Waals surface area contributed by atoms with Crippen molar-refractivity contribution in [3.05, 3.63) is 17.0 Å². The molecule has 0 spiro atoms. The second-order valence-corrected chi connectivity index (χ2v) is 6.70. The van der Waals surface area contributed by atoms with Crippen molar-refractivity contribution >= 4 is 37.7 Å². The lowest BCUT2D eigenvalue weighted by molar-refractivity contribution is 0.478. The first kappa shape index (κ1) is 11.0. The van der Waals surface area contributed by atoms with Gasteiger partial charge in [-0.1, -0.05) is 15.9 Å². The van der Waals surface area contributed by atoms with Crippen LogP contribution in [0.1, 0.15) is 25.7 Å². The molecule has 2 aliphatic rings. The predicted molar refractivity (Wildman–Crippen MR) is 71.0 cm³/mol. The van der Waals surface area contributed by atoms with Gasteiger partial charge in [0.1, 0.15) is 12.1 Å². The number of anilines is 1. The largest absolute Gasteiger partial charge is 0.350 e. The second-order valence-electron chi connectivity index (χ2n) is 4.56. The first-order valence-electron chi connectivity index (χ1n) is 5.63. The van der Waals surface area contributed by atoms with Crippen LogP contribution in [0.5, 0.6) is 0 Å². The summed E-state index contributed by atoms with van der Waals surface area (Å²) >= 11 is 7.31. The first-order valence-corrected chi connectivity index (χ1v) is 7.34. The fraction of sp³-hybridized carbons (Fsp3) is 0.636. The summed E-state index contributed by atoms with van der Waals surface area (Å²) in [6.45, 7) is 0. The molecule has 2 fully saturated rings. The molecule has 3 rings (SSSR count). The van der Waals surface area contributed by atoms with Gasteiger partial charge in [-0.05, 0) is 41.6 Å². The SMILES string of the molecule is Brc1cncnc1N1C2CCC1CC(Br)C2. The molecular weight excluding hydrogens is 334 g/mol. The highest BCUT2D eigenvalue weighted by atomic mass is 79.9. The summed E-state index contributed by atoms with van der Waals surface area (Å²) in [7, 11) is 0. The molecule has 16 heavy (non-hydrogen) atoms. The Kier molecular flexibility index (Phi) is 2.92. The molecule has 2 bridgehead atoms. The Morgan fingerprint density at radius 2 is 1.94 bits per heavy atom. The van der Waals surface area contributed by atoms with E-state index < -0.39 is 0 Å². The summed E-state index contributed by atoms with van der Waals surface area (Å²) in [5.41, 5.74) is 0. The molecule has 0 saturated carbocycles. The molecule has 2 atom stereocenters. The average Bonchev–Trinajstić information content (AvgIpc) is 2.53. The second kappa shape index (κ2) is 4.26. The van der Waals surface area contributed by atoms with Crippen LogP contribution in [0, 0.1) is 0 Å². The van der Waals surface area contributed by atoms with Gasteiger partial charge in [0.25, 0.3) is 0 Å². The number of halogens is 2. The predicted octanol–water partition coefficient (Wildman–Crippen LogP) is 3.13. The van der Waals surface area contributed by atoms with E-state index in [9.17, 15) is 0 Å². The van der Waals surface area contributed by atoms with Crippen molar-refractivity contribution in [2.75, 3.05) is 4.90 Å². The van der Waals surface area contributed by atoms with Crippen molar-refractivity contribution in [1.29, 1.82) is 0 Å². The summed E-state index contributed by atoms with van der Waals surface area (Å²) in [4.78, 5) is 11.6. The zero-order valence-corrected chi connectivity index (χ0v) is 12.0. The minimum atomic E-state index is 0.648. The molecule has 1 aromatic rings. The van der Waals surface area contributed by atoms with Crippen molar-refractivity contribution in [2.45, 2.75) is 42.6 Å². The van der Waals surface area contributed by atoms with Crippen molar-refractivity contribution in [2.24, 2.45) is 0 Å². The van der Waals surface area contributed by atoms with E-state index in [2.05, 4.69) is 46.7 Å². The molecule has 0 radical (unpaired) electrons. The van der Waals surface area contributed by atoms with E-state index in [1.54, 1.807) is 6.33 Å². The van der Waals surface area contributed by atoms with E-state index in [1.807, 2.05) is 6.20 Å². The quantitative estimate of drug-likeness (QED) is 0.731. The van der Waals surface area contributed by atoms with E-state index in [0.717, 1.165) is 10.3 Å². The van der Waals surface area contributed by atoms with E-state index in [0.29, 0.717) is 16.9 Å². The van der Waals surface area contributed by atoms with Gasteiger partial charge in [0.2, 0.25) is 0 Å². The molecule has 1 aromatic heterocycles. The maximum Gasteiger partial charge on any atom is 0.146 e. The smallest absolute Gasteiger partial charge is 0.146 e. The summed E-state index contributed by atoms with van der Waals surface area (Å²) in [6.07, 6.45) is 8.52. The summed E-state index contributed by atoms with van der Waals surface area (Å²) < 4.78 is 1.01. The Balaban J connectivity index is 1.94. The first-order chi connectivity index (χ1) is 7.75. The third kappa shape index (κ3) is 1.78. The highest BCUT2D eigenvalue weighted by Crippen LogP contribution is 2.42. The van der Waals surface area contributed by atoms with Crippen LogP contribution in [0.15, 0.2) is 17.0 Å². The van der Waals surface area contributed by atoms with Crippen molar-refractivity contribution in [3.8, 4) is 0 Å². The topological polar surface area (TPSA) is 29.0 Å². The van der Waals surface area contributed by atoms with E-state index in [1.165, 1.54) is 25.7 Å². The third-order valence-electron chi connectivity index (χ3n) is 3.57. The van der Waals surface area contributed by atoms with Crippen LogP contribution in [0.25, 0.3) is 0 Å². The van der Waals surface area contributed by atoms with Crippen LogP contribution in [0.2, 0.25) is 0 Å². The summed E-state index contributed by atoms with van der Waals surface area (Å²) in [5, 5.41) is 0. The molecule has 5 heteroatoms. The summed E-state index contributed by atoms with van der Waals surface area (Å²) in [6, 6.07) is 1.30. The molecule has 2 saturated heterocycles. The lowest BCUT2D eigenvalue weighted by atomic mass is 10.0. The molecule has 86 valence electrons. The zero-order valence-electron chi connectivity index (χ0n) is 8.81. The number of piperidine rings is 1. The maximum atomic E-state index is 4.42. The maximum absolute atomic E-state index is 4.42. The van der Waals surface area contributed by atoms with Crippen LogP contribution < -0.4 is 4.90 Å². The van der Waals surface area contributed by atoms with Crippen LogP contribution >= 0.6 is 31.9 Å². The Morgan fingerprint density at radius 1 is 1.25 bits per heavy atom. The number of alkyl halides is 1. The molecule has 0 amide bonds. The van der Waals surface area contributed by atoms with Gasteiger partial charge < -0.3 is 4.90 Å². The monoisotopic (exact) mass is 345 g/mol. The Morgan fingerprint density at radius 3 is 2.56 bits per heavy atom. The van der Waals surface area contributed by atoms with E-state index in [-0.39, 0.29) is 0 Å². The number of hydrogen-bond acceptors (Lipinski definition) is 3. The number of aromatic nitrogens is 2. The van der Waals surface area contributed by atoms with Crippen LogP contribution in [0.3, 0.4) is 0 Å². The molecule has 0 N–H and O–H groups in total. The van der Waals surface area contributed by atoms with Crippen molar-refractivity contribution < 1.29 is 0 Å². The van der Waals surface area contributed by atoms with Crippen molar-refractivity contribution in [3.63, 3.8) is 0 Å². The highest BCUT2D eigenvalue weighted by molar-refractivity contribution is 9.10. The van der Waals surface area contributed by atoms with Gasteiger partial charge >= 0.3 is 0 Å². The fourth-order valence-corrected chi connectivity index (χ4v) is 4.24. The van der Waals surface area contributed by atoms with Gasteiger partial charge in [0, 0.05) is 23.1 Å². The minimum Gasteiger partial charge on any atom is -0.350 e. The van der Waals surface area contributed by atoms with Crippen LogP contribution in [-0.2, 0) is 0 Å². The normalized spacial score (nSPS) is 33.1. The molecule has 3 heterocycles. The molecule has 3 nitrogen and oxygen atoms in total. The highest BCUT2D eigenvalue weighted by Gasteiger charge is 2.41. The average molecular weight is 347 g/mol. The van der Waals surface area contributed by atoms with E-state index >= 15 is 0 Å². The Bertz CT molecular complexity index is 385. The lowest BCUT2D eigenvalue weighted by Crippen LogP contribution is -2.44.